The molecule has 0 bridgehead atoms. The predicted octanol–water partition coefficient (Wildman–Crippen LogP) is 5.71. The highest BCUT2D eigenvalue weighted by Gasteiger charge is 2.24. The van der Waals surface area contributed by atoms with Gasteiger partial charge < -0.3 is 10.3 Å². The lowest BCUT2D eigenvalue weighted by Crippen LogP contribution is -2.29. The van der Waals surface area contributed by atoms with Crippen LogP contribution in [0.1, 0.15) is 25.2 Å². The number of hydrogen-bond acceptors (Lipinski definition) is 6. The second-order valence-corrected chi connectivity index (χ2v) is 8.61. The van der Waals surface area contributed by atoms with E-state index in [9.17, 15) is 9.18 Å². The SMILES string of the molecule is CCC(Nc1ncnc2[nH]cnc12)c1nc2ccc(F)c(Cl)c2c(=O)n1-c1cc(Cl)ccc1Cl. The Kier molecular flexibility index (Phi) is 5.85. The van der Waals surface area contributed by atoms with Crippen molar-refractivity contribution in [3.05, 3.63) is 80.0 Å². The van der Waals surface area contributed by atoms with Crippen molar-refractivity contribution < 1.29 is 4.39 Å². The van der Waals surface area contributed by atoms with Crippen LogP contribution in [0.4, 0.5) is 10.2 Å². The lowest BCUT2D eigenvalue weighted by Gasteiger charge is -2.23. The van der Waals surface area contributed by atoms with E-state index in [1.54, 1.807) is 18.2 Å². The molecule has 0 radical (unpaired) electrons. The van der Waals surface area contributed by atoms with Crippen molar-refractivity contribution in [2.75, 3.05) is 5.32 Å². The van der Waals surface area contributed by atoms with Crippen molar-refractivity contribution in [2.45, 2.75) is 19.4 Å². The van der Waals surface area contributed by atoms with Crippen LogP contribution < -0.4 is 10.9 Å². The van der Waals surface area contributed by atoms with Crippen LogP contribution in [0, 0.1) is 5.82 Å². The highest BCUT2D eigenvalue weighted by atomic mass is 35.5. The van der Waals surface area contributed by atoms with Gasteiger partial charge in [0.15, 0.2) is 11.5 Å². The minimum absolute atomic E-state index is 0.0620. The van der Waals surface area contributed by atoms with Crippen LogP contribution in [-0.2, 0) is 0 Å². The number of H-pyrrole nitrogens is 1. The molecule has 0 fully saturated rings. The third-order valence-corrected chi connectivity index (χ3v) is 6.28. The van der Waals surface area contributed by atoms with Crippen LogP contribution >= 0.6 is 34.8 Å². The Hall–Kier alpha value is -3.27. The standard InChI is InChI=1S/C22H15Cl3FN7O/c1-2-13(31-20-18-19(28-8-27-18)29-9-30-20)21-32-14-6-5-12(26)17(25)16(14)22(34)33(21)15-7-10(23)3-4-11(15)24/h3-9,13H,2H2,1H3,(H2,27,28,29,30,31). The summed E-state index contributed by atoms with van der Waals surface area (Å²) >= 11 is 18.9. The molecule has 2 N–H and O–H groups in total. The van der Waals surface area contributed by atoms with Crippen LogP contribution in [0.3, 0.4) is 0 Å². The van der Waals surface area contributed by atoms with E-state index in [1.165, 1.54) is 29.4 Å². The molecule has 12 heteroatoms. The second-order valence-electron chi connectivity index (χ2n) is 7.39. The molecule has 1 unspecified atom stereocenters. The lowest BCUT2D eigenvalue weighted by atomic mass is 10.1. The average Bonchev–Trinajstić information content (AvgIpc) is 3.31. The van der Waals surface area contributed by atoms with Gasteiger partial charge in [0.2, 0.25) is 0 Å². The smallest absolute Gasteiger partial charge is 0.267 e. The summed E-state index contributed by atoms with van der Waals surface area (Å²) in [5.41, 5.74) is 1.03. The summed E-state index contributed by atoms with van der Waals surface area (Å²) in [7, 11) is 0. The fourth-order valence-electron chi connectivity index (χ4n) is 3.73. The maximum atomic E-state index is 14.2. The van der Waals surface area contributed by atoms with E-state index in [-0.39, 0.29) is 26.6 Å². The van der Waals surface area contributed by atoms with Crippen LogP contribution in [0.5, 0.6) is 0 Å². The molecule has 0 saturated carbocycles. The van der Waals surface area contributed by atoms with Gasteiger partial charge in [0.25, 0.3) is 5.56 Å². The number of imidazole rings is 1. The fourth-order valence-corrected chi connectivity index (χ4v) is 4.34. The molecule has 0 aliphatic rings. The first-order chi connectivity index (χ1) is 16.4. The van der Waals surface area contributed by atoms with E-state index < -0.39 is 17.4 Å². The van der Waals surface area contributed by atoms with Gasteiger partial charge in [-0.05, 0) is 36.8 Å². The van der Waals surface area contributed by atoms with E-state index in [2.05, 4.69) is 25.3 Å². The monoisotopic (exact) mass is 517 g/mol. The molecular weight excluding hydrogens is 504 g/mol. The van der Waals surface area contributed by atoms with E-state index >= 15 is 0 Å². The molecule has 8 nitrogen and oxygen atoms in total. The molecule has 34 heavy (non-hydrogen) atoms. The molecule has 0 amide bonds. The summed E-state index contributed by atoms with van der Waals surface area (Å²) in [5.74, 6) is 0.0408. The van der Waals surface area contributed by atoms with Crippen LogP contribution in [0.2, 0.25) is 15.1 Å². The van der Waals surface area contributed by atoms with Gasteiger partial charge in [-0.1, -0.05) is 41.7 Å². The first-order valence-electron chi connectivity index (χ1n) is 10.2. The van der Waals surface area contributed by atoms with Gasteiger partial charge in [-0.25, -0.2) is 24.3 Å². The molecule has 172 valence electrons. The van der Waals surface area contributed by atoms with Crippen molar-refractivity contribution in [3.63, 3.8) is 0 Å². The number of anilines is 1. The number of nitrogens with zero attached hydrogens (tertiary/aromatic N) is 5. The number of aromatic nitrogens is 6. The number of halogens is 4. The summed E-state index contributed by atoms with van der Waals surface area (Å²) < 4.78 is 15.5. The minimum atomic E-state index is -0.725. The lowest BCUT2D eigenvalue weighted by molar-refractivity contribution is 0.628. The minimum Gasteiger partial charge on any atom is -0.358 e. The van der Waals surface area contributed by atoms with Crippen molar-refractivity contribution in [1.29, 1.82) is 0 Å². The molecule has 5 aromatic rings. The molecule has 0 saturated heterocycles. The zero-order chi connectivity index (χ0) is 24.0. The zero-order valence-corrected chi connectivity index (χ0v) is 19.7. The maximum absolute atomic E-state index is 14.2. The largest absolute Gasteiger partial charge is 0.358 e. The normalized spacial score (nSPS) is 12.4. The summed E-state index contributed by atoms with van der Waals surface area (Å²) in [6.07, 6.45) is 3.41. The number of benzene rings is 2. The first-order valence-corrected chi connectivity index (χ1v) is 11.3. The predicted molar refractivity (Wildman–Crippen MR) is 131 cm³/mol. The first kappa shape index (κ1) is 22.5. The van der Waals surface area contributed by atoms with Crippen molar-refractivity contribution in [2.24, 2.45) is 0 Å². The van der Waals surface area contributed by atoms with E-state index in [0.717, 1.165) is 0 Å². The highest BCUT2D eigenvalue weighted by molar-refractivity contribution is 6.35. The molecule has 2 aromatic carbocycles. The van der Waals surface area contributed by atoms with Gasteiger partial charge >= 0.3 is 0 Å². The third kappa shape index (κ3) is 3.75. The van der Waals surface area contributed by atoms with Crippen LogP contribution in [0.15, 0.2) is 47.8 Å². The van der Waals surface area contributed by atoms with Crippen molar-refractivity contribution >= 4 is 62.7 Å². The molecule has 5 rings (SSSR count). The van der Waals surface area contributed by atoms with Gasteiger partial charge in [-0.15, -0.1) is 0 Å². The van der Waals surface area contributed by atoms with Gasteiger partial charge in [0.05, 0.1) is 39.0 Å². The topological polar surface area (TPSA) is 101 Å². The Morgan fingerprint density at radius 1 is 1.15 bits per heavy atom. The van der Waals surface area contributed by atoms with Gasteiger partial charge in [0, 0.05) is 5.02 Å². The Bertz CT molecular complexity index is 1620. The summed E-state index contributed by atoms with van der Waals surface area (Å²) in [6.45, 7) is 1.92. The maximum Gasteiger partial charge on any atom is 0.267 e. The number of aromatic amines is 1. The molecule has 0 spiro atoms. The van der Waals surface area contributed by atoms with E-state index in [4.69, 9.17) is 39.8 Å². The van der Waals surface area contributed by atoms with Gasteiger partial charge in [0.1, 0.15) is 23.5 Å². The summed E-state index contributed by atoms with van der Waals surface area (Å²) in [4.78, 5) is 34.1. The Morgan fingerprint density at radius 2 is 1.97 bits per heavy atom. The molecule has 0 aliphatic carbocycles. The average molecular weight is 519 g/mol. The Labute approximate surface area is 206 Å². The second kappa shape index (κ2) is 8.83. The van der Waals surface area contributed by atoms with Crippen LogP contribution in [-0.4, -0.2) is 29.5 Å². The van der Waals surface area contributed by atoms with Gasteiger partial charge in [-0.2, -0.15) is 0 Å². The Morgan fingerprint density at radius 3 is 2.76 bits per heavy atom. The van der Waals surface area contributed by atoms with Crippen molar-refractivity contribution in [3.8, 4) is 5.69 Å². The molecular formula is C22H15Cl3FN7O. The van der Waals surface area contributed by atoms with E-state index in [1.807, 2.05) is 6.92 Å². The Balaban J connectivity index is 1.79. The summed E-state index contributed by atoms with van der Waals surface area (Å²) in [5, 5.41) is 3.54. The summed E-state index contributed by atoms with van der Waals surface area (Å²) in [6, 6.07) is 6.77. The fraction of sp³-hybridized carbons (Fsp3) is 0.136. The number of hydrogen-bond donors (Lipinski definition) is 2. The van der Waals surface area contributed by atoms with Gasteiger partial charge in [-0.3, -0.25) is 9.36 Å². The molecule has 3 heterocycles. The zero-order valence-electron chi connectivity index (χ0n) is 17.5. The highest BCUT2D eigenvalue weighted by Crippen LogP contribution is 2.31. The number of rotatable bonds is 5. The molecule has 1 atom stereocenters. The quantitative estimate of drug-likeness (QED) is 0.309. The molecule has 0 aliphatic heterocycles. The molecule has 3 aromatic heterocycles. The van der Waals surface area contributed by atoms with E-state index in [0.29, 0.717) is 34.2 Å². The number of nitrogens with one attached hydrogen (secondary N) is 2. The number of fused-ring (bicyclic) bond motifs is 2. The third-order valence-electron chi connectivity index (χ3n) is 5.35. The van der Waals surface area contributed by atoms with Crippen LogP contribution in [0.25, 0.3) is 27.8 Å². The van der Waals surface area contributed by atoms with Crippen molar-refractivity contribution in [1.82, 2.24) is 29.5 Å².